The molecule has 2 heterocycles. The molecule has 2 aromatic rings. The van der Waals surface area contributed by atoms with Crippen molar-refractivity contribution in [2.24, 2.45) is 0 Å². The Hall–Kier alpha value is -1.91. The number of fused-ring (bicyclic) bond motifs is 1. The van der Waals surface area contributed by atoms with Crippen molar-refractivity contribution in [3.63, 3.8) is 0 Å². The Morgan fingerprint density at radius 2 is 2.00 bits per heavy atom. The van der Waals surface area contributed by atoms with Crippen LogP contribution in [0.1, 0.15) is 16.8 Å². The first-order chi connectivity index (χ1) is 11.6. The Morgan fingerprint density at radius 3 is 2.68 bits per heavy atom. The number of halogens is 4. The molecule has 0 saturated carbocycles. The van der Waals surface area contributed by atoms with Crippen LogP contribution in [0, 0.1) is 0 Å². The molecule has 6 nitrogen and oxygen atoms in total. The molecule has 25 heavy (non-hydrogen) atoms. The second-order valence-electron chi connectivity index (χ2n) is 5.39. The minimum atomic E-state index is -4.70. The molecule has 11 heteroatoms. The molecule has 0 bridgehead atoms. The Kier molecular flexibility index (Phi) is 4.38. The third kappa shape index (κ3) is 3.29. The molecular weight excluding hydrogens is 383 g/mol. The van der Waals surface area contributed by atoms with Gasteiger partial charge in [-0.2, -0.15) is 17.5 Å². The van der Waals surface area contributed by atoms with E-state index in [1.165, 1.54) is 6.33 Å². The summed E-state index contributed by atoms with van der Waals surface area (Å²) >= 11 is 5.83. The number of alkyl halides is 3. The van der Waals surface area contributed by atoms with Gasteiger partial charge in [-0.3, -0.25) is 4.79 Å². The number of hydrogen-bond acceptors (Lipinski definition) is 4. The van der Waals surface area contributed by atoms with Gasteiger partial charge in [0, 0.05) is 19.5 Å². The number of sulfonamides is 1. The van der Waals surface area contributed by atoms with Gasteiger partial charge in [0.05, 0.1) is 28.2 Å². The fourth-order valence-electron chi connectivity index (χ4n) is 2.55. The van der Waals surface area contributed by atoms with Crippen LogP contribution in [0.2, 0.25) is 5.02 Å². The Labute approximate surface area is 145 Å². The summed E-state index contributed by atoms with van der Waals surface area (Å²) in [5.74, 6) is 0. The van der Waals surface area contributed by atoms with Crippen molar-refractivity contribution < 1.29 is 21.6 Å². The SMILES string of the molecule is O=c1[nH]cnc2c1CN(S(=O)(=O)c1cc(C(F)(F)F)ccc1Cl)CC2. The average molecular weight is 394 g/mol. The molecule has 0 unspecified atom stereocenters. The minimum Gasteiger partial charge on any atom is -0.313 e. The highest BCUT2D eigenvalue weighted by molar-refractivity contribution is 7.89. The largest absolute Gasteiger partial charge is 0.416 e. The van der Waals surface area contributed by atoms with Gasteiger partial charge in [-0.05, 0) is 18.2 Å². The van der Waals surface area contributed by atoms with Gasteiger partial charge in [-0.25, -0.2) is 13.4 Å². The number of aromatic amines is 1. The molecule has 1 aliphatic rings. The standard InChI is InChI=1S/C14H11ClF3N3O3S/c15-10-2-1-8(14(16,17)18)5-12(10)25(23,24)21-4-3-11-9(6-21)13(22)20-7-19-11/h1-2,5,7H,3-4,6H2,(H,19,20,22). The number of aromatic nitrogens is 2. The topological polar surface area (TPSA) is 83.1 Å². The Morgan fingerprint density at radius 1 is 1.28 bits per heavy atom. The summed E-state index contributed by atoms with van der Waals surface area (Å²) in [6.07, 6.45) is -3.31. The van der Waals surface area contributed by atoms with E-state index < -0.39 is 32.2 Å². The van der Waals surface area contributed by atoms with Crippen LogP contribution in [0.25, 0.3) is 0 Å². The van der Waals surface area contributed by atoms with Gasteiger partial charge < -0.3 is 4.98 Å². The Bertz CT molecular complexity index is 989. The van der Waals surface area contributed by atoms with Crippen molar-refractivity contribution in [2.45, 2.75) is 24.0 Å². The molecule has 1 aliphatic heterocycles. The molecule has 1 aromatic heterocycles. The summed E-state index contributed by atoms with van der Waals surface area (Å²) in [4.78, 5) is 17.5. The van der Waals surface area contributed by atoms with Crippen molar-refractivity contribution in [3.8, 4) is 0 Å². The zero-order valence-electron chi connectivity index (χ0n) is 12.5. The summed E-state index contributed by atoms with van der Waals surface area (Å²) in [6, 6.07) is 2.10. The van der Waals surface area contributed by atoms with E-state index in [0.29, 0.717) is 17.8 Å². The van der Waals surface area contributed by atoms with E-state index in [1.807, 2.05) is 0 Å². The van der Waals surface area contributed by atoms with E-state index in [2.05, 4.69) is 9.97 Å². The minimum absolute atomic E-state index is 0.0155. The second-order valence-corrected chi connectivity index (χ2v) is 7.70. The van der Waals surface area contributed by atoms with Crippen molar-refractivity contribution in [1.82, 2.24) is 14.3 Å². The molecule has 134 valence electrons. The smallest absolute Gasteiger partial charge is 0.313 e. The maximum atomic E-state index is 12.9. The molecule has 0 saturated heterocycles. The van der Waals surface area contributed by atoms with E-state index in [9.17, 15) is 26.4 Å². The van der Waals surface area contributed by atoms with E-state index in [4.69, 9.17) is 11.6 Å². The third-order valence-corrected chi connectivity index (χ3v) is 6.17. The van der Waals surface area contributed by atoms with E-state index in [1.54, 1.807) is 0 Å². The quantitative estimate of drug-likeness (QED) is 0.847. The molecule has 0 radical (unpaired) electrons. The maximum Gasteiger partial charge on any atom is 0.416 e. The summed E-state index contributed by atoms with van der Waals surface area (Å²) < 4.78 is 65.0. The highest BCUT2D eigenvalue weighted by Gasteiger charge is 2.36. The molecule has 3 rings (SSSR count). The van der Waals surface area contributed by atoms with Gasteiger partial charge in [0.1, 0.15) is 4.90 Å². The first-order valence-electron chi connectivity index (χ1n) is 7.03. The molecule has 0 aliphatic carbocycles. The summed E-state index contributed by atoms with van der Waals surface area (Å²) in [7, 11) is -4.31. The van der Waals surface area contributed by atoms with E-state index in [-0.39, 0.29) is 30.1 Å². The number of benzene rings is 1. The lowest BCUT2D eigenvalue weighted by molar-refractivity contribution is -0.137. The van der Waals surface area contributed by atoms with Crippen molar-refractivity contribution >= 4 is 21.6 Å². The fraction of sp³-hybridized carbons (Fsp3) is 0.286. The van der Waals surface area contributed by atoms with E-state index >= 15 is 0 Å². The van der Waals surface area contributed by atoms with Crippen molar-refractivity contribution in [3.05, 3.63) is 56.7 Å². The summed E-state index contributed by atoms with van der Waals surface area (Å²) in [5.41, 5.74) is -0.974. The highest BCUT2D eigenvalue weighted by atomic mass is 35.5. The van der Waals surface area contributed by atoms with Crippen LogP contribution in [0.3, 0.4) is 0 Å². The number of H-pyrrole nitrogens is 1. The average Bonchev–Trinajstić information content (AvgIpc) is 2.54. The molecule has 1 N–H and O–H groups in total. The fourth-order valence-corrected chi connectivity index (χ4v) is 4.46. The maximum absolute atomic E-state index is 12.9. The predicted octanol–water partition coefficient (Wildman–Crippen LogP) is 2.19. The van der Waals surface area contributed by atoms with Crippen LogP contribution in [-0.2, 0) is 29.2 Å². The van der Waals surface area contributed by atoms with Gasteiger partial charge in [0.15, 0.2) is 0 Å². The van der Waals surface area contributed by atoms with E-state index in [0.717, 1.165) is 10.4 Å². The molecule has 0 amide bonds. The summed E-state index contributed by atoms with van der Waals surface area (Å²) in [6.45, 7) is -0.300. The predicted molar refractivity (Wildman–Crippen MR) is 82.6 cm³/mol. The lowest BCUT2D eigenvalue weighted by Gasteiger charge is -2.27. The van der Waals surface area contributed by atoms with Crippen LogP contribution < -0.4 is 5.56 Å². The number of nitrogens with zero attached hydrogens (tertiary/aromatic N) is 2. The molecular formula is C14H11ClF3N3O3S. The summed E-state index contributed by atoms with van der Waals surface area (Å²) in [5, 5.41) is -0.320. The van der Waals surface area contributed by atoms with Crippen molar-refractivity contribution in [1.29, 1.82) is 0 Å². The van der Waals surface area contributed by atoms with Gasteiger partial charge in [0.25, 0.3) is 5.56 Å². The number of hydrogen-bond donors (Lipinski definition) is 1. The zero-order chi connectivity index (χ0) is 18.4. The van der Waals surface area contributed by atoms with Crippen LogP contribution in [0.15, 0.2) is 34.2 Å². The lowest BCUT2D eigenvalue weighted by Crippen LogP contribution is -2.39. The first kappa shape index (κ1) is 17.9. The normalized spacial score (nSPS) is 15.8. The van der Waals surface area contributed by atoms with Gasteiger partial charge in [-0.15, -0.1) is 0 Å². The monoisotopic (exact) mass is 393 g/mol. The molecule has 0 atom stereocenters. The van der Waals surface area contributed by atoms with Crippen molar-refractivity contribution in [2.75, 3.05) is 6.54 Å². The van der Waals surface area contributed by atoms with Crippen LogP contribution in [-0.4, -0.2) is 29.2 Å². The first-order valence-corrected chi connectivity index (χ1v) is 8.85. The highest BCUT2D eigenvalue weighted by Crippen LogP contribution is 2.35. The number of rotatable bonds is 2. The van der Waals surface area contributed by atoms with Crippen LogP contribution >= 0.6 is 11.6 Å². The second kappa shape index (κ2) is 6.11. The van der Waals surface area contributed by atoms with Gasteiger partial charge >= 0.3 is 6.18 Å². The van der Waals surface area contributed by atoms with Crippen LogP contribution in [0.4, 0.5) is 13.2 Å². The zero-order valence-corrected chi connectivity index (χ0v) is 14.0. The third-order valence-electron chi connectivity index (χ3n) is 3.85. The Balaban J connectivity index is 2.04. The van der Waals surface area contributed by atoms with Gasteiger partial charge in [0.2, 0.25) is 10.0 Å². The van der Waals surface area contributed by atoms with Crippen LogP contribution in [0.5, 0.6) is 0 Å². The van der Waals surface area contributed by atoms with Gasteiger partial charge in [-0.1, -0.05) is 11.6 Å². The molecule has 1 aromatic carbocycles. The lowest BCUT2D eigenvalue weighted by atomic mass is 10.1. The molecule has 0 spiro atoms. The molecule has 0 fully saturated rings. The number of nitrogens with one attached hydrogen (secondary N) is 1.